The van der Waals surface area contributed by atoms with Crippen LogP contribution in [0.2, 0.25) is 0 Å². The molecule has 1 aromatic rings. The van der Waals surface area contributed by atoms with Gasteiger partial charge in [0.15, 0.2) is 0 Å². The van der Waals surface area contributed by atoms with Crippen LogP contribution in [0.1, 0.15) is 24.1 Å². The highest BCUT2D eigenvalue weighted by molar-refractivity contribution is 5.80. The van der Waals surface area contributed by atoms with Gasteiger partial charge in [-0.1, -0.05) is 0 Å². The maximum Gasteiger partial charge on any atom is 0.228 e. The molecule has 2 unspecified atom stereocenters. The molecule has 2 heterocycles. The lowest BCUT2D eigenvalue weighted by Crippen LogP contribution is -2.33. The van der Waals surface area contributed by atoms with Crippen molar-refractivity contribution >= 4 is 11.6 Å². The number of hydrogen-bond acceptors (Lipinski definition) is 5. The monoisotopic (exact) mass is 330 g/mol. The Morgan fingerprint density at radius 3 is 2.58 bits per heavy atom. The summed E-state index contributed by atoms with van der Waals surface area (Å²) >= 11 is 0. The Hall–Kier alpha value is -2.28. The van der Waals surface area contributed by atoms with E-state index < -0.39 is 0 Å². The predicted octanol–water partition coefficient (Wildman–Crippen LogP) is 0.190. The van der Waals surface area contributed by atoms with Gasteiger partial charge in [0.1, 0.15) is 5.82 Å². The fourth-order valence-electron chi connectivity index (χ4n) is 3.89. The minimum Gasteiger partial charge on any atom is -0.397 e. The van der Waals surface area contributed by atoms with Gasteiger partial charge in [-0.25, -0.2) is 0 Å². The summed E-state index contributed by atoms with van der Waals surface area (Å²) < 4.78 is 1.72. The molecule has 130 valence electrons. The predicted molar refractivity (Wildman–Crippen MR) is 93.1 cm³/mol. The van der Waals surface area contributed by atoms with Crippen LogP contribution in [0, 0.1) is 24.7 Å². The van der Waals surface area contributed by atoms with Gasteiger partial charge in [0.25, 0.3) is 0 Å². The first-order valence-corrected chi connectivity index (χ1v) is 8.39. The number of nitrogens with one attached hydrogen (secondary N) is 2. The van der Waals surface area contributed by atoms with Crippen molar-refractivity contribution in [2.24, 2.45) is 36.3 Å². The van der Waals surface area contributed by atoms with E-state index in [1.54, 1.807) is 23.0 Å². The second-order valence-corrected chi connectivity index (χ2v) is 6.88. The van der Waals surface area contributed by atoms with Crippen molar-refractivity contribution in [1.82, 2.24) is 20.4 Å². The van der Waals surface area contributed by atoms with Crippen LogP contribution in [0.5, 0.6) is 0 Å². The molecule has 1 aromatic heterocycles. The first kappa shape index (κ1) is 16.6. The number of amides is 1. The van der Waals surface area contributed by atoms with E-state index in [0.29, 0.717) is 23.4 Å². The summed E-state index contributed by atoms with van der Waals surface area (Å²) in [5.74, 6) is 1.66. The molecule has 1 saturated carbocycles. The fraction of sp³-hybridized carbons (Fsp3) is 0.529. The highest BCUT2D eigenvalue weighted by atomic mass is 16.2. The van der Waals surface area contributed by atoms with Gasteiger partial charge in [0.2, 0.25) is 5.91 Å². The zero-order valence-corrected chi connectivity index (χ0v) is 14.2. The number of allylic oxidation sites excluding steroid dienone is 2. The van der Waals surface area contributed by atoms with Crippen molar-refractivity contribution < 1.29 is 4.79 Å². The summed E-state index contributed by atoms with van der Waals surface area (Å²) in [5, 5.41) is 10.3. The topological polar surface area (TPSA) is 111 Å². The third-order valence-corrected chi connectivity index (χ3v) is 5.13. The third kappa shape index (κ3) is 3.31. The number of aryl methyl sites for hydroxylation is 2. The highest BCUT2D eigenvalue weighted by Crippen LogP contribution is 2.38. The molecule has 0 radical (unpaired) electrons. The molecule has 7 heteroatoms. The zero-order chi connectivity index (χ0) is 17.3. The van der Waals surface area contributed by atoms with E-state index in [-0.39, 0.29) is 11.8 Å². The minimum atomic E-state index is 0.0156. The fourth-order valence-corrected chi connectivity index (χ4v) is 3.89. The Kier molecular flexibility index (Phi) is 4.62. The van der Waals surface area contributed by atoms with Crippen LogP contribution in [0.15, 0.2) is 24.2 Å². The van der Waals surface area contributed by atoms with Gasteiger partial charge in [0, 0.05) is 13.0 Å². The third-order valence-electron chi connectivity index (χ3n) is 5.13. The molecule has 6 N–H and O–H groups in total. The van der Waals surface area contributed by atoms with Crippen LogP contribution in [0.3, 0.4) is 0 Å². The Morgan fingerprint density at radius 2 is 2.00 bits per heavy atom. The van der Waals surface area contributed by atoms with Gasteiger partial charge >= 0.3 is 0 Å². The number of hydrogen-bond donors (Lipinski definition) is 4. The maximum atomic E-state index is 12.4. The molecule has 0 bridgehead atoms. The van der Waals surface area contributed by atoms with Crippen LogP contribution in [-0.4, -0.2) is 28.8 Å². The maximum absolute atomic E-state index is 12.4. The molecule has 1 aliphatic heterocycles. The van der Waals surface area contributed by atoms with E-state index in [4.69, 9.17) is 11.5 Å². The van der Waals surface area contributed by atoms with Gasteiger partial charge in [-0.3, -0.25) is 9.48 Å². The molecular formula is C17H26N6O. The summed E-state index contributed by atoms with van der Waals surface area (Å²) in [6.07, 6.45) is 6.99. The summed E-state index contributed by atoms with van der Waals surface area (Å²) in [5.41, 5.74) is 14.4. The van der Waals surface area contributed by atoms with E-state index in [9.17, 15) is 4.79 Å². The first-order valence-electron chi connectivity index (χ1n) is 8.39. The number of nitrogens with zero attached hydrogens (tertiary/aromatic N) is 2. The van der Waals surface area contributed by atoms with Crippen molar-refractivity contribution in [3.63, 3.8) is 0 Å². The molecule has 2 atom stereocenters. The number of rotatable bonds is 4. The van der Waals surface area contributed by atoms with E-state index in [2.05, 4.69) is 15.7 Å². The van der Waals surface area contributed by atoms with Crippen LogP contribution in [0.25, 0.3) is 5.70 Å². The number of carbonyl (C=O) groups excluding carboxylic acids is 1. The summed E-state index contributed by atoms with van der Waals surface area (Å²) in [6, 6.07) is 0. The Balaban J connectivity index is 1.60. The normalized spacial score (nSPS) is 27.3. The highest BCUT2D eigenvalue weighted by Gasteiger charge is 2.40. The lowest BCUT2D eigenvalue weighted by atomic mass is 10.0. The minimum absolute atomic E-state index is 0.0156. The van der Waals surface area contributed by atoms with Crippen LogP contribution in [-0.2, 0) is 11.8 Å². The van der Waals surface area contributed by atoms with Crippen LogP contribution in [0.4, 0.5) is 0 Å². The van der Waals surface area contributed by atoms with Gasteiger partial charge in [-0.05, 0) is 62.4 Å². The molecule has 24 heavy (non-hydrogen) atoms. The molecule has 7 nitrogen and oxygen atoms in total. The van der Waals surface area contributed by atoms with Crippen molar-refractivity contribution in [3.05, 3.63) is 35.4 Å². The Labute approximate surface area is 142 Å². The van der Waals surface area contributed by atoms with Crippen molar-refractivity contribution in [2.75, 3.05) is 13.1 Å². The van der Waals surface area contributed by atoms with Gasteiger partial charge in [-0.15, -0.1) is 0 Å². The molecular weight excluding hydrogens is 304 g/mol. The second-order valence-electron chi connectivity index (χ2n) is 6.88. The SMILES string of the molecule is Cc1cnn(C)c1/C(N)=C/C=C(\N)NC(=O)C1CC2CNCC2C1. The van der Waals surface area contributed by atoms with Crippen LogP contribution < -0.4 is 22.1 Å². The molecule has 0 spiro atoms. The van der Waals surface area contributed by atoms with Gasteiger partial charge in [-0.2, -0.15) is 5.10 Å². The lowest BCUT2D eigenvalue weighted by molar-refractivity contribution is -0.124. The smallest absolute Gasteiger partial charge is 0.228 e. The molecule has 1 saturated heterocycles. The number of aromatic nitrogens is 2. The van der Waals surface area contributed by atoms with E-state index in [0.717, 1.165) is 37.2 Å². The number of carbonyl (C=O) groups is 1. The first-order chi connectivity index (χ1) is 11.5. The van der Waals surface area contributed by atoms with Crippen LogP contribution >= 0.6 is 0 Å². The van der Waals surface area contributed by atoms with Gasteiger partial charge in [0.05, 0.1) is 17.6 Å². The number of fused-ring (bicyclic) bond motifs is 1. The summed E-state index contributed by atoms with van der Waals surface area (Å²) in [6.45, 7) is 4.01. The molecule has 2 fully saturated rings. The van der Waals surface area contributed by atoms with Gasteiger partial charge < -0.3 is 22.1 Å². The van der Waals surface area contributed by atoms with E-state index >= 15 is 0 Å². The Bertz CT molecular complexity index is 658. The standard InChI is InChI=1S/C17H26N6O/c1-10-7-21-23(2)16(10)14(18)3-4-15(19)22-17(24)11-5-12-8-20-9-13(12)6-11/h3-4,7,11-13,20H,5-6,8-9,18-19H2,1-2H3,(H,22,24)/b14-3-,15-4+. The lowest BCUT2D eigenvalue weighted by Gasteiger charge is -2.12. The van der Waals surface area contributed by atoms with E-state index in [1.165, 1.54) is 0 Å². The number of nitrogens with two attached hydrogens (primary N) is 2. The molecule has 2 aliphatic rings. The van der Waals surface area contributed by atoms with Crippen molar-refractivity contribution in [3.8, 4) is 0 Å². The largest absolute Gasteiger partial charge is 0.397 e. The molecule has 3 rings (SSSR count). The second kappa shape index (κ2) is 6.68. The average Bonchev–Trinajstić information content (AvgIpc) is 3.20. The van der Waals surface area contributed by atoms with Crippen molar-refractivity contribution in [1.29, 1.82) is 0 Å². The molecule has 1 amide bonds. The summed E-state index contributed by atoms with van der Waals surface area (Å²) in [4.78, 5) is 12.4. The quantitative estimate of drug-likeness (QED) is 0.589. The van der Waals surface area contributed by atoms with Crippen molar-refractivity contribution in [2.45, 2.75) is 19.8 Å². The summed E-state index contributed by atoms with van der Waals surface area (Å²) in [7, 11) is 1.84. The molecule has 1 aliphatic carbocycles. The van der Waals surface area contributed by atoms with E-state index in [1.807, 2.05) is 14.0 Å². The zero-order valence-electron chi connectivity index (χ0n) is 14.2. The average molecular weight is 330 g/mol. The Morgan fingerprint density at radius 1 is 1.33 bits per heavy atom. The molecule has 0 aromatic carbocycles.